The minimum absolute atomic E-state index is 0.000896. The molecule has 1 heterocycles. The van der Waals surface area contributed by atoms with Crippen molar-refractivity contribution in [1.29, 1.82) is 0 Å². The third-order valence-corrected chi connectivity index (χ3v) is 13.0. The van der Waals surface area contributed by atoms with Gasteiger partial charge < -0.3 is 28.6 Å². The number of hydrogen-bond donors (Lipinski definition) is 0. The lowest BCUT2D eigenvalue weighted by Crippen LogP contribution is -2.23. The van der Waals surface area contributed by atoms with Crippen molar-refractivity contribution in [1.82, 2.24) is 4.90 Å². The fraction of sp³-hybridized carbons (Fsp3) is 0.943. The van der Waals surface area contributed by atoms with E-state index in [1.54, 1.807) is 0 Å². The average Bonchev–Trinajstić information content (AvgIpc) is 3.78. The van der Waals surface area contributed by atoms with Crippen LogP contribution in [0, 0.1) is 11.8 Å². The van der Waals surface area contributed by atoms with Crippen molar-refractivity contribution in [3.8, 4) is 0 Å². The molecular formula is C53H101NO8. The molecule has 9 heteroatoms. The predicted molar refractivity (Wildman–Crippen MR) is 257 cm³/mol. The van der Waals surface area contributed by atoms with Crippen LogP contribution in [0.2, 0.25) is 0 Å². The van der Waals surface area contributed by atoms with Gasteiger partial charge in [-0.25, -0.2) is 9.59 Å². The summed E-state index contributed by atoms with van der Waals surface area (Å²) in [6.45, 7) is 14.1. The Morgan fingerprint density at radius 3 is 1.16 bits per heavy atom. The van der Waals surface area contributed by atoms with Crippen LogP contribution in [0.15, 0.2) is 0 Å². The molecule has 0 atom stereocenters. The van der Waals surface area contributed by atoms with Crippen LogP contribution in [-0.2, 0) is 28.5 Å². The first-order valence-corrected chi connectivity index (χ1v) is 26.9. The number of rotatable bonds is 45. The van der Waals surface area contributed by atoms with Crippen LogP contribution in [-0.4, -0.2) is 75.3 Å². The first-order valence-electron chi connectivity index (χ1n) is 26.9. The van der Waals surface area contributed by atoms with Crippen LogP contribution >= 0.6 is 0 Å². The van der Waals surface area contributed by atoms with Gasteiger partial charge in [-0.15, -0.1) is 0 Å². The Labute approximate surface area is 383 Å². The second kappa shape index (κ2) is 44.2. The number of esters is 1. The average molecular weight is 880 g/mol. The Balaban J connectivity index is 2.23. The Hall–Kier alpha value is -2.03. The van der Waals surface area contributed by atoms with Gasteiger partial charge in [-0.1, -0.05) is 182 Å². The topological polar surface area (TPSA) is 101 Å². The molecule has 0 aromatic carbocycles. The maximum Gasteiger partial charge on any atom is 0.508 e. The van der Waals surface area contributed by atoms with Crippen LogP contribution < -0.4 is 0 Å². The molecule has 0 radical (unpaired) electrons. The van der Waals surface area contributed by atoms with E-state index in [1.165, 1.54) is 116 Å². The van der Waals surface area contributed by atoms with Crippen LogP contribution in [0.4, 0.5) is 9.59 Å². The number of likely N-dealkylation sites (tertiary alicyclic amines) is 1. The van der Waals surface area contributed by atoms with Crippen LogP contribution in [0.25, 0.3) is 0 Å². The molecule has 366 valence electrons. The van der Waals surface area contributed by atoms with Crippen molar-refractivity contribution >= 4 is 18.3 Å². The van der Waals surface area contributed by atoms with Crippen molar-refractivity contribution < 1.29 is 38.1 Å². The number of ether oxygens (including phenoxy) is 5. The summed E-state index contributed by atoms with van der Waals surface area (Å²) in [5, 5.41) is 0. The van der Waals surface area contributed by atoms with Crippen molar-refractivity contribution in [3.63, 3.8) is 0 Å². The molecule has 0 unspecified atom stereocenters. The van der Waals surface area contributed by atoms with Crippen LogP contribution in [0.3, 0.4) is 0 Å². The van der Waals surface area contributed by atoms with Gasteiger partial charge >= 0.3 is 18.3 Å². The van der Waals surface area contributed by atoms with E-state index in [9.17, 15) is 14.4 Å². The van der Waals surface area contributed by atoms with Gasteiger partial charge in [0, 0.05) is 6.42 Å². The quantitative estimate of drug-likeness (QED) is 0.0336. The molecular weight excluding hydrogens is 779 g/mol. The molecule has 0 bridgehead atoms. The van der Waals surface area contributed by atoms with Crippen molar-refractivity contribution in [2.45, 2.75) is 265 Å². The number of carbonyl (C=O) groups is 3. The van der Waals surface area contributed by atoms with Gasteiger partial charge in [0.25, 0.3) is 0 Å². The van der Waals surface area contributed by atoms with E-state index in [0.29, 0.717) is 44.7 Å². The SMILES string of the molecule is CCCCCC(CCCCC)CCOC(=O)OCCCCCCCCC(CCCCCCCCOC(=O)OCCC(CCCCC)CCCCC)OC(=O)CCCN1CCCC1. The molecule has 9 nitrogen and oxygen atoms in total. The second-order valence-electron chi connectivity index (χ2n) is 18.8. The van der Waals surface area contributed by atoms with Gasteiger partial charge in [-0.2, -0.15) is 0 Å². The number of hydrogen-bond acceptors (Lipinski definition) is 9. The van der Waals surface area contributed by atoms with Gasteiger partial charge in [-0.3, -0.25) is 4.79 Å². The molecule has 1 saturated heterocycles. The molecule has 0 N–H and O–H groups in total. The van der Waals surface area contributed by atoms with Gasteiger partial charge in [-0.05, 0) is 102 Å². The zero-order valence-corrected chi connectivity index (χ0v) is 41.4. The molecule has 0 amide bonds. The predicted octanol–water partition coefficient (Wildman–Crippen LogP) is 15.9. The lowest BCUT2D eigenvalue weighted by Gasteiger charge is -2.19. The van der Waals surface area contributed by atoms with Gasteiger partial charge in [0.2, 0.25) is 0 Å². The van der Waals surface area contributed by atoms with Gasteiger partial charge in [0.15, 0.2) is 0 Å². The van der Waals surface area contributed by atoms with E-state index in [2.05, 4.69) is 32.6 Å². The first kappa shape index (κ1) is 58.0. The Kier molecular flexibility index (Phi) is 41.3. The summed E-state index contributed by atoms with van der Waals surface area (Å²) < 4.78 is 27.7. The lowest BCUT2D eigenvalue weighted by molar-refractivity contribution is -0.150. The Bertz CT molecular complexity index is 924. The summed E-state index contributed by atoms with van der Waals surface area (Å²) in [7, 11) is 0. The molecule has 0 aromatic rings. The standard InChI is InChI=1S/C53H101NO8/c1-5-9-21-32-48(33-22-10-6-2)39-46-60-52(56)58-44-29-19-15-13-17-25-36-50(62-51(55)38-31-43-54-41-27-28-42-54)37-26-18-14-16-20-30-45-59-53(57)61-47-40-49(34-23-11-7-3)35-24-12-8-4/h48-50H,5-47H2,1-4H3. The first-order chi connectivity index (χ1) is 30.4. The van der Waals surface area contributed by atoms with Gasteiger partial charge in [0.1, 0.15) is 6.10 Å². The molecule has 0 aliphatic carbocycles. The summed E-state index contributed by atoms with van der Waals surface area (Å²) in [6, 6.07) is 0. The summed E-state index contributed by atoms with van der Waals surface area (Å²) in [5.74, 6) is 1.26. The smallest absolute Gasteiger partial charge is 0.462 e. The fourth-order valence-corrected chi connectivity index (χ4v) is 8.93. The molecule has 1 aliphatic rings. The highest BCUT2D eigenvalue weighted by Crippen LogP contribution is 2.23. The number of carbonyl (C=O) groups excluding carboxylic acids is 3. The van der Waals surface area contributed by atoms with E-state index >= 15 is 0 Å². The van der Waals surface area contributed by atoms with E-state index < -0.39 is 12.3 Å². The summed E-state index contributed by atoms with van der Waals surface area (Å²) in [6.07, 6.45) is 39.4. The number of nitrogens with zero attached hydrogens (tertiary/aromatic N) is 1. The third kappa shape index (κ3) is 37.4. The Morgan fingerprint density at radius 1 is 0.403 bits per heavy atom. The minimum atomic E-state index is -0.518. The number of unbranched alkanes of at least 4 members (excludes halogenated alkanes) is 18. The van der Waals surface area contributed by atoms with Crippen molar-refractivity contribution in [2.24, 2.45) is 11.8 Å². The van der Waals surface area contributed by atoms with Crippen LogP contribution in [0.1, 0.15) is 259 Å². The molecule has 0 aromatic heterocycles. The van der Waals surface area contributed by atoms with E-state index in [-0.39, 0.29) is 12.1 Å². The molecule has 1 fully saturated rings. The van der Waals surface area contributed by atoms with Gasteiger partial charge in [0.05, 0.1) is 26.4 Å². The van der Waals surface area contributed by atoms with E-state index in [4.69, 9.17) is 23.7 Å². The van der Waals surface area contributed by atoms with E-state index in [0.717, 1.165) is 129 Å². The van der Waals surface area contributed by atoms with Crippen LogP contribution in [0.5, 0.6) is 0 Å². The summed E-state index contributed by atoms with van der Waals surface area (Å²) >= 11 is 0. The molecule has 1 aliphatic heterocycles. The normalized spacial score (nSPS) is 13.1. The highest BCUT2D eigenvalue weighted by molar-refractivity contribution is 5.69. The second-order valence-corrected chi connectivity index (χ2v) is 18.8. The maximum atomic E-state index is 12.8. The van der Waals surface area contributed by atoms with E-state index in [1.807, 2.05) is 0 Å². The highest BCUT2D eigenvalue weighted by Gasteiger charge is 2.17. The monoisotopic (exact) mass is 880 g/mol. The zero-order chi connectivity index (χ0) is 45.0. The summed E-state index contributed by atoms with van der Waals surface area (Å²) in [5.41, 5.74) is 0. The highest BCUT2D eigenvalue weighted by atomic mass is 16.7. The maximum absolute atomic E-state index is 12.8. The third-order valence-electron chi connectivity index (χ3n) is 13.0. The largest absolute Gasteiger partial charge is 0.508 e. The molecule has 1 rings (SSSR count). The van der Waals surface area contributed by atoms with Crippen molar-refractivity contribution in [2.75, 3.05) is 46.1 Å². The minimum Gasteiger partial charge on any atom is -0.462 e. The van der Waals surface area contributed by atoms with Crippen molar-refractivity contribution in [3.05, 3.63) is 0 Å². The molecule has 0 spiro atoms. The summed E-state index contributed by atoms with van der Waals surface area (Å²) in [4.78, 5) is 39.6. The molecule has 62 heavy (non-hydrogen) atoms. The Morgan fingerprint density at radius 2 is 0.758 bits per heavy atom. The lowest BCUT2D eigenvalue weighted by atomic mass is 9.92. The zero-order valence-electron chi connectivity index (χ0n) is 41.4. The molecule has 0 saturated carbocycles. The fourth-order valence-electron chi connectivity index (χ4n) is 8.93.